The zero-order chi connectivity index (χ0) is 10.8. The number of benzene rings is 2. The Balaban J connectivity index is 1.81. The van der Waals surface area contributed by atoms with E-state index in [1.54, 1.807) is 0 Å². The Hall–Kier alpha value is -1.56. The fourth-order valence-electron chi connectivity index (χ4n) is 2.12. The molecule has 16 heavy (non-hydrogen) atoms. The Labute approximate surface area is 96.9 Å². The summed E-state index contributed by atoms with van der Waals surface area (Å²) in [5.74, 6) is 0.975. The van der Waals surface area contributed by atoms with Crippen LogP contribution in [0.5, 0.6) is 0 Å². The smallest absolute Gasteiger partial charge is 0.0184 e. The maximum atomic E-state index is 2.28. The molecule has 2 aromatic carbocycles. The molecule has 0 spiro atoms. The third-order valence-corrected chi connectivity index (χ3v) is 3.28. The van der Waals surface area contributed by atoms with E-state index < -0.39 is 0 Å². The molecule has 2 aromatic rings. The van der Waals surface area contributed by atoms with E-state index in [1.807, 2.05) is 0 Å². The van der Waals surface area contributed by atoms with Crippen LogP contribution in [0.15, 0.2) is 54.6 Å². The Kier molecular flexibility index (Phi) is 2.49. The first-order chi connectivity index (χ1) is 7.92. The molecule has 3 rings (SSSR count). The standard InChI is InChI=1S/C16H16/c1-2-4-15(5-3-1)16-10-8-14(9-11-16)12-13-6-7-13/h1-5,8-11,13H,6-7,12H2. The van der Waals surface area contributed by atoms with Crippen molar-refractivity contribution in [3.05, 3.63) is 60.2 Å². The van der Waals surface area contributed by atoms with Gasteiger partial charge in [0.2, 0.25) is 0 Å². The van der Waals surface area contributed by atoms with Gasteiger partial charge in [0.15, 0.2) is 0 Å². The summed E-state index contributed by atoms with van der Waals surface area (Å²) in [6, 6.07) is 19.6. The fourth-order valence-corrected chi connectivity index (χ4v) is 2.12. The molecular weight excluding hydrogens is 192 g/mol. The molecule has 80 valence electrons. The van der Waals surface area contributed by atoms with Crippen LogP contribution in [-0.4, -0.2) is 0 Å². The van der Waals surface area contributed by atoms with Crippen molar-refractivity contribution in [1.29, 1.82) is 0 Å². The van der Waals surface area contributed by atoms with Crippen LogP contribution in [0.1, 0.15) is 18.4 Å². The van der Waals surface area contributed by atoms with E-state index in [2.05, 4.69) is 54.6 Å². The Morgan fingerprint density at radius 3 is 2.00 bits per heavy atom. The van der Waals surface area contributed by atoms with Gasteiger partial charge in [0, 0.05) is 0 Å². The van der Waals surface area contributed by atoms with Crippen molar-refractivity contribution >= 4 is 0 Å². The second-order valence-corrected chi connectivity index (χ2v) is 4.71. The maximum Gasteiger partial charge on any atom is -0.0184 e. The number of hydrogen-bond donors (Lipinski definition) is 0. The van der Waals surface area contributed by atoms with E-state index in [9.17, 15) is 0 Å². The molecule has 0 radical (unpaired) electrons. The third-order valence-electron chi connectivity index (χ3n) is 3.28. The molecule has 1 aliphatic rings. The molecule has 0 heteroatoms. The molecule has 0 aliphatic heterocycles. The highest BCUT2D eigenvalue weighted by Crippen LogP contribution is 2.33. The van der Waals surface area contributed by atoms with Gasteiger partial charge in [0.05, 0.1) is 0 Å². The van der Waals surface area contributed by atoms with E-state index in [0.29, 0.717) is 0 Å². The summed E-state index contributed by atoms with van der Waals surface area (Å²) in [5.41, 5.74) is 4.11. The fraction of sp³-hybridized carbons (Fsp3) is 0.250. The maximum absolute atomic E-state index is 2.28. The normalized spacial score (nSPS) is 15.0. The molecule has 0 nitrogen and oxygen atoms in total. The zero-order valence-corrected chi connectivity index (χ0v) is 9.39. The minimum Gasteiger partial charge on any atom is -0.0622 e. The Morgan fingerprint density at radius 2 is 1.38 bits per heavy atom. The first-order valence-electron chi connectivity index (χ1n) is 6.06. The lowest BCUT2D eigenvalue weighted by Crippen LogP contribution is -1.86. The van der Waals surface area contributed by atoms with Crippen LogP contribution in [0.4, 0.5) is 0 Å². The average molecular weight is 208 g/mol. The number of rotatable bonds is 3. The second-order valence-electron chi connectivity index (χ2n) is 4.71. The van der Waals surface area contributed by atoms with Crippen molar-refractivity contribution in [2.75, 3.05) is 0 Å². The minimum absolute atomic E-state index is 0.975. The van der Waals surface area contributed by atoms with Crippen molar-refractivity contribution in [1.82, 2.24) is 0 Å². The summed E-state index contributed by atoms with van der Waals surface area (Å²) in [6.07, 6.45) is 4.13. The molecule has 0 bridgehead atoms. The third kappa shape index (κ3) is 2.16. The van der Waals surface area contributed by atoms with Crippen molar-refractivity contribution < 1.29 is 0 Å². The highest BCUT2D eigenvalue weighted by molar-refractivity contribution is 5.63. The van der Waals surface area contributed by atoms with Crippen LogP contribution in [0.3, 0.4) is 0 Å². The summed E-state index contributed by atoms with van der Waals surface area (Å²) in [7, 11) is 0. The van der Waals surface area contributed by atoms with Crippen molar-refractivity contribution in [3.63, 3.8) is 0 Å². The van der Waals surface area contributed by atoms with Gasteiger partial charge in [-0.05, 0) is 41.9 Å². The van der Waals surface area contributed by atoms with Gasteiger partial charge >= 0.3 is 0 Å². The van der Waals surface area contributed by atoms with Crippen LogP contribution in [-0.2, 0) is 6.42 Å². The van der Waals surface area contributed by atoms with Gasteiger partial charge in [0.1, 0.15) is 0 Å². The summed E-state index contributed by atoms with van der Waals surface area (Å²) in [6.45, 7) is 0. The van der Waals surface area contributed by atoms with E-state index >= 15 is 0 Å². The molecule has 0 amide bonds. The Bertz CT molecular complexity index is 449. The van der Waals surface area contributed by atoms with Crippen LogP contribution < -0.4 is 0 Å². The molecule has 0 heterocycles. The quantitative estimate of drug-likeness (QED) is 0.705. The van der Waals surface area contributed by atoms with Crippen LogP contribution in [0, 0.1) is 5.92 Å². The highest BCUT2D eigenvalue weighted by atomic mass is 14.3. The molecule has 1 fully saturated rings. The zero-order valence-electron chi connectivity index (χ0n) is 9.39. The second kappa shape index (κ2) is 4.13. The van der Waals surface area contributed by atoms with Crippen molar-refractivity contribution in [2.24, 2.45) is 5.92 Å². The summed E-state index contributed by atoms with van der Waals surface area (Å²) >= 11 is 0. The van der Waals surface area contributed by atoms with Crippen LogP contribution in [0.25, 0.3) is 11.1 Å². The molecule has 1 saturated carbocycles. The SMILES string of the molecule is c1ccc(-c2ccc(CC3CC3)cc2)cc1. The summed E-state index contributed by atoms with van der Waals surface area (Å²) in [5, 5.41) is 0. The lowest BCUT2D eigenvalue weighted by atomic mass is 10.0. The lowest BCUT2D eigenvalue weighted by Gasteiger charge is -2.03. The molecule has 0 atom stereocenters. The molecule has 0 saturated heterocycles. The average Bonchev–Trinajstić information content (AvgIpc) is 3.15. The monoisotopic (exact) mass is 208 g/mol. The first kappa shape index (κ1) is 9.65. The summed E-state index contributed by atoms with van der Waals surface area (Å²) < 4.78 is 0. The molecule has 0 unspecified atom stereocenters. The van der Waals surface area contributed by atoms with Gasteiger partial charge in [0.25, 0.3) is 0 Å². The van der Waals surface area contributed by atoms with Gasteiger partial charge in [-0.15, -0.1) is 0 Å². The lowest BCUT2D eigenvalue weighted by molar-refractivity contribution is 0.832. The van der Waals surface area contributed by atoms with Crippen molar-refractivity contribution in [3.8, 4) is 11.1 Å². The van der Waals surface area contributed by atoms with Crippen LogP contribution >= 0.6 is 0 Å². The predicted molar refractivity (Wildman–Crippen MR) is 68.3 cm³/mol. The Morgan fingerprint density at radius 1 is 0.750 bits per heavy atom. The molecule has 0 N–H and O–H groups in total. The van der Waals surface area contributed by atoms with E-state index in [1.165, 1.54) is 36.0 Å². The van der Waals surface area contributed by atoms with Crippen molar-refractivity contribution in [2.45, 2.75) is 19.3 Å². The number of hydrogen-bond acceptors (Lipinski definition) is 0. The largest absolute Gasteiger partial charge is 0.0622 e. The van der Waals surface area contributed by atoms with Gasteiger partial charge in [-0.2, -0.15) is 0 Å². The van der Waals surface area contributed by atoms with Crippen LogP contribution in [0.2, 0.25) is 0 Å². The van der Waals surface area contributed by atoms with Gasteiger partial charge < -0.3 is 0 Å². The predicted octanol–water partition coefficient (Wildman–Crippen LogP) is 4.31. The molecule has 1 aliphatic carbocycles. The molecule has 0 aromatic heterocycles. The summed E-state index contributed by atoms with van der Waals surface area (Å²) in [4.78, 5) is 0. The minimum atomic E-state index is 0.975. The van der Waals surface area contributed by atoms with Gasteiger partial charge in [-0.1, -0.05) is 54.6 Å². The van der Waals surface area contributed by atoms with Gasteiger partial charge in [-0.25, -0.2) is 0 Å². The van der Waals surface area contributed by atoms with E-state index in [0.717, 1.165) is 5.92 Å². The topological polar surface area (TPSA) is 0 Å². The first-order valence-corrected chi connectivity index (χ1v) is 6.06. The molecular formula is C16H16. The highest BCUT2D eigenvalue weighted by Gasteiger charge is 2.21. The van der Waals surface area contributed by atoms with Gasteiger partial charge in [-0.3, -0.25) is 0 Å². The van der Waals surface area contributed by atoms with E-state index in [4.69, 9.17) is 0 Å². The van der Waals surface area contributed by atoms with E-state index in [-0.39, 0.29) is 0 Å².